The largest absolute Gasteiger partial charge is 0.455 e. The maximum atomic E-state index is 12.0. The number of halogens is 1. The first-order valence-corrected chi connectivity index (χ1v) is 13.5. The van der Waals surface area contributed by atoms with Crippen LogP contribution in [0, 0.1) is 6.92 Å². The second-order valence-corrected chi connectivity index (χ2v) is 11.4. The van der Waals surface area contributed by atoms with Gasteiger partial charge in [0.1, 0.15) is 11.5 Å². The van der Waals surface area contributed by atoms with E-state index in [4.69, 9.17) is 18.9 Å². The molecule has 3 rings (SSSR count). The van der Waals surface area contributed by atoms with Crippen molar-refractivity contribution in [2.75, 3.05) is 6.26 Å². The average Bonchev–Trinajstić information content (AvgIpc) is 3.16. The number of rotatable bonds is 7. The number of ether oxygens (including phenoxy) is 4. The van der Waals surface area contributed by atoms with Crippen molar-refractivity contribution < 1.29 is 33.3 Å². The monoisotopic (exact) mass is 570 g/mol. The Kier molecular flexibility index (Phi) is 9.20. The van der Waals surface area contributed by atoms with Crippen LogP contribution in [0.25, 0.3) is 0 Å². The van der Waals surface area contributed by atoms with Crippen LogP contribution in [0.1, 0.15) is 48.4 Å². The van der Waals surface area contributed by atoms with Gasteiger partial charge in [-0.05, 0) is 57.9 Å². The Bertz CT molecular complexity index is 1050. The Morgan fingerprint density at radius 2 is 1.59 bits per heavy atom. The number of aryl methyl sites for hydroxylation is 1. The highest BCUT2D eigenvalue weighted by Crippen LogP contribution is 2.41. The topological polar surface area (TPSA) is 88.1 Å². The van der Waals surface area contributed by atoms with Crippen LogP contribution in [0.15, 0.2) is 34.1 Å². The van der Waals surface area contributed by atoms with Crippen LogP contribution < -0.4 is 0 Å². The average molecular weight is 572 g/mol. The quantitative estimate of drug-likeness (QED) is 0.340. The molecular weight excluding hydrogens is 544 g/mol. The molecule has 1 fully saturated rings. The number of thioether (sulfide) groups is 1. The van der Waals surface area contributed by atoms with Crippen LogP contribution in [-0.2, 0) is 39.8 Å². The van der Waals surface area contributed by atoms with Crippen molar-refractivity contribution in [3.8, 4) is 0 Å². The lowest BCUT2D eigenvalue weighted by Crippen LogP contribution is -2.57. The number of hydrogen-bond donors (Lipinski definition) is 0. The van der Waals surface area contributed by atoms with Crippen LogP contribution in [0.5, 0.6) is 0 Å². The minimum Gasteiger partial charge on any atom is -0.455 e. The molecule has 1 aromatic carbocycles. The number of carbonyl (C=O) groups is 3. The molecule has 5 atom stereocenters. The third-order valence-corrected chi connectivity index (χ3v) is 7.80. The Hall–Kier alpha value is -1.88. The van der Waals surface area contributed by atoms with Crippen molar-refractivity contribution >= 4 is 56.9 Å². The van der Waals surface area contributed by atoms with Crippen LogP contribution in [0.4, 0.5) is 0 Å². The van der Waals surface area contributed by atoms with Gasteiger partial charge in [0, 0.05) is 32.1 Å². The molecule has 0 saturated carbocycles. The first-order valence-electron chi connectivity index (χ1n) is 10.6. The third kappa shape index (κ3) is 6.62. The summed E-state index contributed by atoms with van der Waals surface area (Å²) in [5.74, 6) is -1.69. The van der Waals surface area contributed by atoms with Crippen LogP contribution in [-0.4, -0.2) is 47.9 Å². The van der Waals surface area contributed by atoms with Crippen molar-refractivity contribution in [2.24, 2.45) is 0 Å². The predicted octanol–water partition coefficient (Wildman–Crippen LogP) is 4.97. The van der Waals surface area contributed by atoms with E-state index in [0.29, 0.717) is 0 Å². The van der Waals surface area contributed by atoms with Crippen molar-refractivity contribution in [3.63, 3.8) is 0 Å². The Morgan fingerprint density at radius 1 is 0.971 bits per heavy atom. The van der Waals surface area contributed by atoms with Gasteiger partial charge in [-0.3, -0.25) is 14.4 Å². The number of hydrogen-bond acceptors (Lipinski definition) is 9. The molecule has 2 aromatic rings. The molecule has 1 unspecified atom stereocenters. The van der Waals surface area contributed by atoms with Gasteiger partial charge in [-0.1, -0.05) is 18.2 Å². The molecule has 0 bridgehead atoms. The zero-order chi connectivity index (χ0) is 25.0. The fourth-order valence-electron chi connectivity index (χ4n) is 3.93. The molecule has 34 heavy (non-hydrogen) atoms. The number of carbonyl (C=O) groups excluding carboxylic acids is 3. The predicted molar refractivity (Wildman–Crippen MR) is 134 cm³/mol. The number of esters is 3. The van der Waals surface area contributed by atoms with E-state index in [1.54, 1.807) is 11.3 Å². The number of benzene rings is 1. The van der Waals surface area contributed by atoms with Gasteiger partial charge in [-0.2, -0.15) is 0 Å². The first kappa shape index (κ1) is 26.7. The summed E-state index contributed by atoms with van der Waals surface area (Å²) in [5, 5.41) is 0. The Balaban J connectivity index is 2.03. The molecule has 1 aliphatic rings. The molecule has 0 amide bonds. The highest BCUT2D eigenvalue weighted by molar-refractivity contribution is 9.11. The molecule has 1 saturated heterocycles. The fourth-order valence-corrected chi connectivity index (χ4v) is 6.14. The van der Waals surface area contributed by atoms with Gasteiger partial charge in [0.25, 0.3) is 0 Å². The standard InChI is InChI=1S/C24H27BrO7S2/c1-12-6-7-16(10-17(12)11-18-8-9-19(25)34-18)20-21(29-13(2)26)22(30-14(3)27)23(31-15(4)28)24(32-20)33-5/h6-10,20-24H,11H2,1-5H3/t20?,21-,22+,23-,24+/m0/s1. The van der Waals surface area contributed by atoms with Crippen molar-refractivity contribution in [2.45, 2.75) is 64.0 Å². The molecule has 7 nitrogen and oxygen atoms in total. The summed E-state index contributed by atoms with van der Waals surface area (Å²) >= 11 is 6.50. The zero-order valence-corrected chi connectivity index (χ0v) is 22.8. The lowest BCUT2D eigenvalue weighted by molar-refractivity contribution is -0.233. The van der Waals surface area contributed by atoms with Gasteiger partial charge >= 0.3 is 17.9 Å². The third-order valence-electron chi connectivity index (χ3n) is 5.33. The molecule has 0 aliphatic carbocycles. The van der Waals surface area contributed by atoms with Crippen molar-refractivity contribution in [1.29, 1.82) is 0 Å². The lowest BCUT2D eigenvalue weighted by Gasteiger charge is -2.44. The maximum absolute atomic E-state index is 12.0. The summed E-state index contributed by atoms with van der Waals surface area (Å²) in [7, 11) is 0. The van der Waals surface area contributed by atoms with Gasteiger partial charge in [-0.25, -0.2) is 0 Å². The summed E-state index contributed by atoms with van der Waals surface area (Å²) in [6.45, 7) is 5.84. The van der Waals surface area contributed by atoms with E-state index < -0.39 is 47.8 Å². The fraction of sp³-hybridized carbons (Fsp3) is 0.458. The molecule has 0 radical (unpaired) electrons. The van der Waals surface area contributed by atoms with Crippen LogP contribution in [0.3, 0.4) is 0 Å². The Labute approximate surface area is 215 Å². The van der Waals surface area contributed by atoms with Gasteiger partial charge in [0.2, 0.25) is 0 Å². The van der Waals surface area contributed by atoms with Gasteiger partial charge in [0.05, 0.1) is 3.79 Å². The van der Waals surface area contributed by atoms with Crippen LogP contribution in [0.2, 0.25) is 0 Å². The van der Waals surface area contributed by atoms with E-state index in [-0.39, 0.29) is 0 Å². The van der Waals surface area contributed by atoms with E-state index in [2.05, 4.69) is 22.0 Å². The van der Waals surface area contributed by atoms with E-state index in [1.165, 1.54) is 37.4 Å². The molecule has 1 aliphatic heterocycles. The zero-order valence-electron chi connectivity index (χ0n) is 19.5. The van der Waals surface area contributed by atoms with E-state index >= 15 is 0 Å². The molecule has 1 aromatic heterocycles. The minimum atomic E-state index is -1.03. The van der Waals surface area contributed by atoms with E-state index in [9.17, 15) is 14.4 Å². The van der Waals surface area contributed by atoms with Crippen molar-refractivity contribution in [1.82, 2.24) is 0 Å². The van der Waals surface area contributed by atoms with Crippen molar-refractivity contribution in [3.05, 3.63) is 55.7 Å². The molecule has 0 N–H and O–H groups in total. The first-order chi connectivity index (χ1) is 16.1. The molecule has 2 heterocycles. The molecule has 0 spiro atoms. The smallest absolute Gasteiger partial charge is 0.303 e. The summed E-state index contributed by atoms with van der Waals surface area (Å²) in [6, 6.07) is 10.0. The van der Waals surface area contributed by atoms with E-state index in [1.807, 2.05) is 37.4 Å². The van der Waals surface area contributed by atoms with Gasteiger partial charge in [0.15, 0.2) is 18.3 Å². The van der Waals surface area contributed by atoms with Crippen LogP contribution >= 0.6 is 39.0 Å². The van der Waals surface area contributed by atoms with Gasteiger partial charge < -0.3 is 18.9 Å². The summed E-state index contributed by atoms with van der Waals surface area (Å²) in [6.07, 6.45) is -1.15. The highest BCUT2D eigenvalue weighted by atomic mass is 79.9. The minimum absolute atomic E-state index is 0.551. The summed E-state index contributed by atoms with van der Waals surface area (Å²) < 4.78 is 24.0. The van der Waals surface area contributed by atoms with E-state index in [0.717, 1.165) is 26.9 Å². The number of thiophene rings is 1. The van der Waals surface area contributed by atoms with Gasteiger partial charge in [-0.15, -0.1) is 23.1 Å². The maximum Gasteiger partial charge on any atom is 0.303 e. The molecule has 10 heteroatoms. The molecular formula is C24H27BrO7S2. The summed E-state index contributed by atoms with van der Waals surface area (Å²) in [5.41, 5.74) is 2.36. The highest BCUT2D eigenvalue weighted by Gasteiger charge is 2.52. The normalized spacial score (nSPS) is 24.4. The second kappa shape index (κ2) is 11.7. The Morgan fingerprint density at radius 3 is 2.15 bits per heavy atom. The summed E-state index contributed by atoms with van der Waals surface area (Å²) in [4.78, 5) is 37.0. The SMILES string of the molecule is CS[C@H]1OC(c2ccc(C)c(Cc3ccc(Br)s3)c2)[C@H](OC(C)=O)[C@@H](OC(C)=O)[C@@H]1OC(C)=O. The second-order valence-electron chi connectivity index (χ2n) is 7.95. The molecule has 184 valence electrons. The lowest BCUT2D eigenvalue weighted by atomic mass is 9.91.